The molecule has 0 atom stereocenters. The van der Waals surface area contributed by atoms with E-state index in [0.29, 0.717) is 11.4 Å². The number of anilines is 2. The number of rotatable bonds is 3. The van der Waals surface area contributed by atoms with Crippen molar-refractivity contribution in [2.45, 2.75) is 0 Å². The van der Waals surface area contributed by atoms with Crippen LogP contribution in [0.4, 0.5) is 11.5 Å². The maximum atomic E-state index is 12.2. The molecule has 3 rings (SSSR count). The Morgan fingerprint density at radius 3 is 2.61 bits per heavy atom. The van der Waals surface area contributed by atoms with Crippen molar-refractivity contribution >= 4 is 33.3 Å². The van der Waals surface area contributed by atoms with Crippen LogP contribution in [0.3, 0.4) is 0 Å². The van der Waals surface area contributed by atoms with Crippen LogP contribution in [-0.2, 0) is 0 Å². The second-order valence-electron chi connectivity index (χ2n) is 5.51. The van der Waals surface area contributed by atoms with E-state index in [1.807, 2.05) is 24.3 Å². The van der Waals surface area contributed by atoms with Crippen LogP contribution in [0.25, 0.3) is 0 Å². The van der Waals surface area contributed by atoms with Gasteiger partial charge in [-0.15, -0.1) is 0 Å². The normalized spacial score (nSPS) is 15.5. The van der Waals surface area contributed by atoms with E-state index in [0.717, 1.165) is 36.5 Å². The van der Waals surface area contributed by atoms with Gasteiger partial charge in [-0.05, 0) is 25.2 Å². The van der Waals surface area contributed by atoms with E-state index < -0.39 is 0 Å². The van der Waals surface area contributed by atoms with Gasteiger partial charge in [-0.2, -0.15) is 0 Å². The van der Waals surface area contributed by atoms with Gasteiger partial charge in [0.25, 0.3) is 5.91 Å². The summed E-state index contributed by atoms with van der Waals surface area (Å²) in [6.07, 6.45) is 3.20. The predicted molar refractivity (Wildman–Crippen MR) is 93.8 cm³/mol. The zero-order chi connectivity index (χ0) is 16.2. The highest BCUT2D eigenvalue weighted by atomic mass is 79.9. The first-order valence-corrected chi connectivity index (χ1v) is 8.23. The summed E-state index contributed by atoms with van der Waals surface area (Å²) >= 11 is 3.38. The minimum absolute atomic E-state index is 0.263. The van der Waals surface area contributed by atoms with Crippen LogP contribution in [0.2, 0.25) is 0 Å². The molecule has 0 aliphatic carbocycles. The van der Waals surface area contributed by atoms with Gasteiger partial charge < -0.3 is 15.1 Å². The highest BCUT2D eigenvalue weighted by molar-refractivity contribution is 9.10. The third-order valence-electron chi connectivity index (χ3n) is 3.78. The lowest BCUT2D eigenvalue weighted by atomic mass is 10.3. The topological polar surface area (TPSA) is 61.4 Å². The molecule has 0 spiro atoms. The molecule has 1 aliphatic rings. The molecule has 0 saturated carbocycles. The van der Waals surface area contributed by atoms with Gasteiger partial charge in [0.2, 0.25) is 0 Å². The maximum Gasteiger partial charge on any atom is 0.275 e. The van der Waals surface area contributed by atoms with Gasteiger partial charge in [0.05, 0.1) is 12.4 Å². The number of nitrogens with zero attached hydrogens (tertiary/aromatic N) is 4. The number of benzene rings is 1. The molecule has 23 heavy (non-hydrogen) atoms. The van der Waals surface area contributed by atoms with Crippen LogP contribution >= 0.6 is 15.9 Å². The smallest absolute Gasteiger partial charge is 0.275 e. The molecule has 1 aliphatic heterocycles. The molecule has 7 heteroatoms. The fourth-order valence-corrected chi connectivity index (χ4v) is 2.80. The minimum atomic E-state index is -0.263. The average Bonchev–Trinajstić information content (AvgIpc) is 2.56. The van der Waals surface area contributed by atoms with Crippen LogP contribution in [-0.4, -0.2) is 54.0 Å². The molecule has 1 fully saturated rings. The zero-order valence-electron chi connectivity index (χ0n) is 12.9. The highest BCUT2D eigenvalue weighted by Gasteiger charge is 2.16. The molecule has 0 radical (unpaired) electrons. The summed E-state index contributed by atoms with van der Waals surface area (Å²) in [5.41, 5.74) is 1.03. The van der Waals surface area contributed by atoms with E-state index in [2.05, 4.69) is 48.1 Å². The van der Waals surface area contributed by atoms with Crippen molar-refractivity contribution in [1.29, 1.82) is 0 Å². The number of hydrogen-bond acceptors (Lipinski definition) is 5. The van der Waals surface area contributed by atoms with Crippen LogP contribution in [0, 0.1) is 0 Å². The molecule has 1 N–H and O–H groups in total. The summed E-state index contributed by atoms with van der Waals surface area (Å²) in [7, 11) is 2.11. The number of nitrogens with one attached hydrogen (secondary N) is 1. The first kappa shape index (κ1) is 15.9. The summed E-state index contributed by atoms with van der Waals surface area (Å²) in [6.45, 7) is 3.86. The summed E-state index contributed by atoms with van der Waals surface area (Å²) in [5.74, 6) is 0.553. The molecule has 0 unspecified atom stereocenters. The quantitative estimate of drug-likeness (QED) is 0.891. The average molecular weight is 376 g/mol. The number of amides is 1. The van der Waals surface area contributed by atoms with Crippen molar-refractivity contribution in [3.05, 3.63) is 46.8 Å². The van der Waals surface area contributed by atoms with Gasteiger partial charge in [0, 0.05) is 36.3 Å². The summed E-state index contributed by atoms with van der Waals surface area (Å²) in [5, 5.41) is 2.81. The first-order chi connectivity index (χ1) is 11.1. The number of hydrogen-bond donors (Lipinski definition) is 1. The van der Waals surface area contributed by atoms with Crippen LogP contribution in [0.5, 0.6) is 0 Å². The molecule has 120 valence electrons. The Balaban J connectivity index is 1.65. The van der Waals surface area contributed by atoms with Gasteiger partial charge in [-0.1, -0.05) is 22.0 Å². The van der Waals surface area contributed by atoms with Crippen LogP contribution < -0.4 is 10.2 Å². The number of aromatic nitrogens is 2. The Morgan fingerprint density at radius 2 is 1.96 bits per heavy atom. The number of carbonyl (C=O) groups is 1. The zero-order valence-corrected chi connectivity index (χ0v) is 14.5. The Morgan fingerprint density at radius 1 is 1.17 bits per heavy atom. The van der Waals surface area contributed by atoms with Crippen molar-refractivity contribution < 1.29 is 4.79 Å². The van der Waals surface area contributed by atoms with E-state index >= 15 is 0 Å². The molecule has 0 bridgehead atoms. The fourth-order valence-electron chi connectivity index (χ4n) is 2.40. The lowest BCUT2D eigenvalue weighted by Crippen LogP contribution is -2.44. The third kappa shape index (κ3) is 4.05. The Hall–Kier alpha value is -1.99. The van der Waals surface area contributed by atoms with Crippen LogP contribution in [0.15, 0.2) is 41.1 Å². The molecule has 2 aromatic rings. The number of halogens is 1. The van der Waals surface area contributed by atoms with Crippen molar-refractivity contribution in [2.75, 3.05) is 43.4 Å². The summed E-state index contributed by atoms with van der Waals surface area (Å²) in [4.78, 5) is 25.3. The Labute approximate surface area is 143 Å². The summed E-state index contributed by atoms with van der Waals surface area (Å²) < 4.78 is 0.909. The van der Waals surface area contributed by atoms with E-state index in [9.17, 15) is 4.79 Å². The molecular formula is C16H18BrN5O. The molecule has 1 amide bonds. The van der Waals surface area contributed by atoms with E-state index in [1.54, 1.807) is 6.20 Å². The fraction of sp³-hybridized carbons (Fsp3) is 0.312. The van der Waals surface area contributed by atoms with Crippen molar-refractivity contribution in [3.63, 3.8) is 0 Å². The van der Waals surface area contributed by atoms with Gasteiger partial charge in [-0.3, -0.25) is 4.79 Å². The Bertz CT molecular complexity index is 683. The van der Waals surface area contributed by atoms with E-state index in [-0.39, 0.29) is 5.91 Å². The second kappa shape index (κ2) is 7.06. The van der Waals surface area contributed by atoms with Crippen molar-refractivity contribution in [2.24, 2.45) is 0 Å². The molecule has 1 aromatic heterocycles. The first-order valence-electron chi connectivity index (χ1n) is 7.44. The molecule has 1 saturated heterocycles. The summed E-state index contributed by atoms with van der Waals surface area (Å²) in [6, 6.07) is 7.43. The van der Waals surface area contributed by atoms with E-state index in [4.69, 9.17) is 0 Å². The highest BCUT2D eigenvalue weighted by Crippen LogP contribution is 2.17. The third-order valence-corrected chi connectivity index (χ3v) is 4.27. The van der Waals surface area contributed by atoms with Gasteiger partial charge >= 0.3 is 0 Å². The lowest BCUT2D eigenvalue weighted by Gasteiger charge is -2.32. The largest absolute Gasteiger partial charge is 0.353 e. The second-order valence-corrected chi connectivity index (χ2v) is 6.43. The van der Waals surface area contributed by atoms with Gasteiger partial charge in [0.1, 0.15) is 11.5 Å². The molecule has 2 heterocycles. The van der Waals surface area contributed by atoms with Crippen molar-refractivity contribution in [1.82, 2.24) is 14.9 Å². The SMILES string of the molecule is CN1CCN(c2cnc(C(=O)Nc3cccc(Br)c3)cn2)CC1. The van der Waals surface area contributed by atoms with Crippen molar-refractivity contribution in [3.8, 4) is 0 Å². The maximum absolute atomic E-state index is 12.2. The molecular weight excluding hydrogens is 358 g/mol. The molecule has 6 nitrogen and oxygen atoms in total. The number of piperazine rings is 1. The Kier molecular flexibility index (Phi) is 4.88. The van der Waals surface area contributed by atoms with Crippen LogP contribution in [0.1, 0.15) is 10.5 Å². The monoisotopic (exact) mass is 375 g/mol. The molecule has 1 aromatic carbocycles. The predicted octanol–water partition coefficient (Wildman–Crippen LogP) is 2.24. The lowest BCUT2D eigenvalue weighted by molar-refractivity contribution is 0.102. The standard InChI is InChI=1S/C16H18BrN5O/c1-21-5-7-22(8-6-21)15-11-18-14(10-19-15)16(23)20-13-4-2-3-12(17)9-13/h2-4,9-11H,5-8H2,1H3,(H,20,23). The van der Waals surface area contributed by atoms with Gasteiger partial charge in [0.15, 0.2) is 0 Å². The minimum Gasteiger partial charge on any atom is -0.353 e. The van der Waals surface area contributed by atoms with E-state index in [1.165, 1.54) is 6.20 Å². The number of carbonyl (C=O) groups excluding carboxylic acids is 1. The van der Waals surface area contributed by atoms with Gasteiger partial charge in [-0.25, -0.2) is 9.97 Å². The number of likely N-dealkylation sites (N-methyl/N-ethyl adjacent to an activating group) is 1.